The van der Waals surface area contributed by atoms with Crippen LogP contribution in [0.3, 0.4) is 0 Å². The zero-order valence-electron chi connectivity index (χ0n) is 25.5. The van der Waals surface area contributed by atoms with E-state index < -0.39 is 5.82 Å². The van der Waals surface area contributed by atoms with Gasteiger partial charge in [-0.05, 0) is 69.7 Å². The molecule has 2 saturated heterocycles. The van der Waals surface area contributed by atoms with E-state index in [1.807, 2.05) is 38.2 Å². The van der Waals surface area contributed by atoms with Crippen LogP contribution in [0.25, 0.3) is 10.9 Å². The minimum absolute atomic E-state index is 0.0380. The molecular formula is C31H43FN6O3S. The fraction of sp³-hybridized carbons (Fsp3) is 0.516. The summed E-state index contributed by atoms with van der Waals surface area (Å²) in [5.41, 5.74) is 0.590. The third-order valence-electron chi connectivity index (χ3n) is 7.05. The highest BCUT2D eigenvalue weighted by atomic mass is 32.2. The van der Waals surface area contributed by atoms with E-state index >= 15 is 0 Å². The van der Waals surface area contributed by atoms with Crippen LogP contribution in [-0.2, 0) is 4.74 Å². The lowest BCUT2D eigenvalue weighted by Gasteiger charge is -2.32. The van der Waals surface area contributed by atoms with E-state index in [4.69, 9.17) is 9.47 Å². The van der Waals surface area contributed by atoms with Gasteiger partial charge in [0.15, 0.2) is 11.6 Å². The maximum absolute atomic E-state index is 14.8. The SMILES string of the molecule is CC.CCC.CCN(C)SNc1ccc(F)c(Oc2ccc3ncn(C4COC5(CCNCC5)C4)c(=O)c3c2)c1C#N. The first-order valence-electron chi connectivity index (χ1n) is 14.7. The van der Waals surface area contributed by atoms with Crippen molar-refractivity contribution in [3.8, 4) is 17.6 Å². The molecule has 1 spiro atoms. The molecule has 1 atom stereocenters. The Morgan fingerprint density at radius 2 is 1.98 bits per heavy atom. The minimum atomic E-state index is -0.671. The Balaban J connectivity index is 0.000000910. The first kappa shape index (κ1) is 33.3. The van der Waals surface area contributed by atoms with Crippen LogP contribution < -0.4 is 20.3 Å². The Labute approximate surface area is 252 Å². The van der Waals surface area contributed by atoms with Crippen molar-refractivity contribution in [2.45, 2.75) is 71.9 Å². The molecule has 0 aliphatic carbocycles. The molecule has 2 N–H and O–H groups in total. The number of aromatic nitrogens is 2. The number of hydrogen-bond acceptors (Lipinski definition) is 9. The van der Waals surface area contributed by atoms with Gasteiger partial charge in [-0.25, -0.2) is 13.7 Å². The molecule has 11 heteroatoms. The predicted molar refractivity (Wildman–Crippen MR) is 168 cm³/mol. The Kier molecular flexibility index (Phi) is 12.6. The van der Waals surface area contributed by atoms with Gasteiger partial charge in [-0.3, -0.25) is 9.36 Å². The monoisotopic (exact) mass is 598 g/mol. The fourth-order valence-electron chi connectivity index (χ4n) is 4.83. The number of nitrogens with one attached hydrogen (secondary N) is 2. The largest absolute Gasteiger partial charge is 0.453 e. The number of nitriles is 1. The fourth-order valence-corrected chi connectivity index (χ4v) is 5.38. The number of fused-ring (bicyclic) bond motifs is 1. The zero-order valence-corrected chi connectivity index (χ0v) is 26.3. The van der Waals surface area contributed by atoms with Gasteiger partial charge in [-0.2, -0.15) is 5.26 Å². The van der Waals surface area contributed by atoms with E-state index in [1.165, 1.54) is 30.7 Å². The van der Waals surface area contributed by atoms with Gasteiger partial charge >= 0.3 is 0 Å². The summed E-state index contributed by atoms with van der Waals surface area (Å²) in [4.78, 5) is 17.9. The Hall–Kier alpha value is -3.17. The third-order valence-corrected chi connectivity index (χ3v) is 7.93. The summed E-state index contributed by atoms with van der Waals surface area (Å²) in [5, 5.41) is 13.5. The molecule has 2 fully saturated rings. The van der Waals surface area contributed by atoms with Crippen LogP contribution in [0.5, 0.6) is 11.5 Å². The first-order chi connectivity index (χ1) is 20.3. The highest BCUT2D eigenvalue weighted by molar-refractivity contribution is 7.98. The molecule has 0 amide bonds. The second kappa shape index (κ2) is 15.9. The molecule has 2 aliphatic rings. The summed E-state index contributed by atoms with van der Waals surface area (Å²) in [6.07, 6.45) is 5.43. The van der Waals surface area contributed by atoms with Crippen LogP contribution in [0.2, 0.25) is 0 Å². The van der Waals surface area contributed by atoms with E-state index in [2.05, 4.69) is 28.9 Å². The Morgan fingerprint density at radius 1 is 1.26 bits per heavy atom. The molecule has 1 unspecified atom stereocenters. The van der Waals surface area contributed by atoms with E-state index in [9.17, 15) is 14.4 Å². The molecule has 1 aromatic heterocycles. The van der Waals surface area contributed by atoms with Crippen LogP contribution in [0.15, 0.2) is 41.5 Å². The van der Waals surface area contributed by atoms with Crippen LogP contribution in [0.4, 0.5) is 10.1 Å². The van der Waals surface area contributed by atoms with Crippen molar-refractivity contribution in [2.75, 3.05) is 38.0 Å². The molecule has 9 nitrogen and oxygen atoms in total. The molecular weight excluding hydrogens is 555 g/mol. The average Bonchev–Trinajstić information content (AvgIpc) is 3.41. The third kappa shape index (κ3) is 7.81. The summed E-state index contributed by atoms with van der Waals surface area (Å²) in [7, 11) is 1.89. The molecule has 5 rings (SSSR count). The molecule has 0 saturated carbocycles. The van der Waals surface area contributed by atoms with Crippen molar-refractivity contribution >= 4 is 28.7 Å². The van der Waals surface area contributed by atoms with E-state index in [1.54, 1.807) is 29.1 Å². The molecule has 2 aliphatic heterocycles. The number of halogens is 1. The maximum Gasteiger partial charge on any atom is 0.261 e. The average molecular weight is 599 g/mol. The van der Waals surface area contributed by atoms with Gasteiger partial charge in [-0.1, -0.05) is 41.0 Å². The maximum atomic E-state index is 14.8. The minimum Gasteiger partial charge on any atom is -0.453 e. The van der Waals surface area contributed by atoms with E-state index in [0.29, 0.717) is 23.2 Å². The van der Waals surface area contributed by atoms with Crippen molar-refractivity contribution in [1.82, 2.24) is 19.2 Å². The van der Waals surface area contributed by atoms with Crippen LogP contribution >= 0.6 is 12.1 Å². The van der Waals surface area contributed by atoms with Crippen molar-refractivity contribution < 1.29 is 13.9 Å². The highest BCUT2D eigenvalue weighted by Crippen LogP contribution is 2.39. The summed E-state index contributed by atoms with van der Waals surface area (Å²) >= 11 is 1.29. The van der Waals surface area contributed by atoms with E-state index in [0.717, 1.165) is 38.9 Å². The predicted octanol–water partition coefficient (Wildman–Crippen LogP) is 6.65. The van der Waals surface area contributed by atoms with Crippen molar-refractivity contribution in [3.63, 3.8) is 0 Å². The van der Waals surface area contributed by atoms with Crippen molar-refractivity contribution in [2.24, 2.45) is 0 Å². The van der Waals surface area contributed by atoms with E-state index in [-0.39, 0.29) is 34.3 Å². The van der Waals surface area contributed by atoms with Crippen LogP contribution in [0, 0.1) is 17.1 Å². The number of anilines is 1. The van der Waals surface area contributed by atoms with Gasteiger partial charge < -0.3 is 19.5 Å². The number of hydrogen-bond donors (Lipinski definition) is 2. The molecule has 2 aromatic carbocycles. The molecule has 0 radical (unpaired) electrons. The van der Waals surface area contributed by atoms with Gasteiger partial charge in [0.1, 0.15) is 17.4 Å². The molecule has 0 bridgehead atoms. The van der Waals surface area contributed by atoms with Crippen molar-refractivity contribution in [3.05, 3.63) is 58.4 Å². The Morgan fingerprint density at radius 3 is 2.64 bits per heavy atom. The zero-order chi connectivity index (χ0) is 30.7. The quantitative estimate of drug-likeness (QED) is 0.289. The second-order valence-electron chi connectivity index (χ2n) is 10.1. The summed E-state index contributed by atoms with van der Waals surface area (Å²) in [6, 6.07) is 9.51. The standard InChI is InChI=1S/C26H29FN6O3S.C3H8.C2H6/c1-3-32(2)37-31-23-7-5-21(27)24(20(23)14-28)36-18-4-6-22-19(12-18)25(34)33(16-30-22)17-13-26(35-15-17)8-10-29-11-9-26;1-3-2;1-2/h4-7,12,16-17,29,31H,3,8-11,13,15H2,1-2H3;3H2,1-2H3;1-2H3. The van der Waals surface area contributed by atoms with Crippen LogP contribution in [-0.4, -0.2) is 52.7 Å². The van der Waals surface area contributed by atoms with Crippen LogP contribution in [0.1, 0.15) is 71.9 Å². The number of ether oxygens (including phenoxy) is 2. The van der Waals surface area contributed by atoms with Gasteiger partial charge in [-0.15, -0.1) is 0 Å². The van der Waals surface area contributed by atoms with Gasteiger partial charge in [0.2, 0.25) is 0 Å². The molecule has 3 aromatic rings. The highest BCUT2D eigenvalue weighted by Gasteiger charge is 2.42. The molecule has 3 heterocycles. The molecule has 42 heavy (non-hydrogen) atoms. The lowest BCUT2D eigenvalue weighted by molar-refractivity contribution is -0.0196. The summed E-state index contributed by atoms with van der Waals surface area (Å²) in [5.74, 6) is -0.629. The lowest BCUT2D eigenvalue weighted by atomic mass is 9.88. The van der Waals surface area contributed by atoms with Gasteiger partial charge in [0.05, 0.1) is 41.2 Å². The topological polar surface area (TPSA) is 104 Å². The number of rotatable bonds is 7. The Bertz CT molecular complexity index is 1420. The normalized spacial score (nSPS) is 17.2. The first-order valence-corrected chi connectivity index (χ1v) is 15.5. The number of nitrogens with zero attached hydrogens (tertiary/aromatic N) is 4. The summed E-state index contributed by atoms with van der Waals surface area (Å²) < 4.78 is 33.4. The molecule has 228 valence electrons. The number of benzene rings is 2. The smallest absolute Gasteiger partial charge is 0.261 e. The van der Waals surface area contributed by atoms with Crippen molar-refractivity contribution in [1.29, 1.82) is 5.26 Å². The number of piperidine rings is 1. The second-order valence-corrected chi connectivity index (χ2v) is 11.1. The summed E-state index contributed by atoms with van der Waals surface area (Å²) in [6.45, 7) is 13.3. The van der Waals surface area contributed by atoms with Gasteiger partial charge in [0.25, 0.3) is 5.56 Å². The lowest BCUT2D eigenvalue weighted by Crippen LogP contribution is -2.41. The van der Waals surface area contributed by atoms with Gasteiger partial charge in [0, 0.05) is 18.7 Å².